The molecule has 3 aromatic carbocycles. The van der Waals surface area contributed by atoms with Crippen LogP contribution in [0.15, 0.2) is 79.0 Å². The topological polar surface area (TPSA) is 65.1 Å². The Hall–Kier alpha value is -3.44. The van der Waals surface area contributed by atoms with Crippen LogP contribution in [0.1, 0.15) is 47.8 Å². The second-order valence-corrected chi connectivity index (χ2v) is 9.03. The lowest BCUT2D eigenvalue weighted by atomic mass is 9.87. The Labute approximate surface area is 194 Å². The van der Waals surface area contributed by atoms with E-state index in [-0.39, 0.29) is 11.0 Å². The van der Waals surface area contributed by atoms with Gasteiger partial charge in [0.15, 0.2) is 0 Å². The van der Waals surface area contributed by atoms with E-state index in [0.717, 1.165) is 25.6 Å². The highest BCUT2D eigenvalue weighted by atomic mass is 19.1. The van der Waals surface area contributed by atoms with E-state index >= 15 is 0 Å². The monoisotopic (exact) mass is 446 g/mol. The third-order valence-electron chi connectivity index (χ3n) is 5.47. The SMILES string of the molecule is CC(C)(C)c1ccc(CNCCc2ccccc2)cc1.O=C(O)c1c(F)ccc2cc[nH]c12. The number of hydrogen-bond donors (Lipinski definition) is 3. The summed E-state index contributed by atoms with van der Waals surface area (Å²) >= 11 is 0. The number of carboxylic acid groups (broad SMARTS) is 1. The number of aromatic amines is 1. The van der Waals surface area contributed by atoms with Gasteiger partial charge < -0.3 is 15.4 Å². The predicted octanol–water partition coefficient (Wildman–Crippen LogP) is 6.32. The normalized spacial score (nSPS) is 11.2. The number of carboxylic acids is 1. The number of halogens is 1. The van der Waals surface area contributed by atoms with Gasteiger partial charge in [0.1, 0.15) is 11.4 Å². The van der Waals surface area contributed by atoms with Crippen molar-refractivity contribution in [2.24, 2.45) is 0 Å². The summed E-state index contributed by atoms with van der Waals surface area (Å²) in [5.41, 5.74) is 4.40. The van der Waals surface area contributed by atoms with E-state index in [4.69, 9.17) is 5.11 Å². The van der Waals surface area contributed by atoms with Crippen LogP contribution in [0.25, 0.3) is 10.9 Å². The van der Waals surface area contributed by atoms with Crippen molar-refractivity contribution in [3.8, 4) is 0 Å². The number of nitrogens with one attached hydrogen (secondary N) is 2. The third-order valence-corrected chi connectivity index (χ3v) is 5.47. The number of hydrogen-bond acceptors (Lipinski definition) is 2. The van der Waals surface area contributed by atoms with Crippen molar-refractivity contribution in [2.45, 2.75) is 39.2 Å². The van der Waals surface area contributed by atoms with Gasteiger partial charge in [0.05, 0.1) is 5.52 Å². The van der Waals surface area contributed by atoms with Gasteiger partial charge >= 0.3 is 5.97 Å². The molecule has 0 saturated heterocycles. The van der Waals surface area contributed by atoms with E-state index in [1.807, 2.05) is 0 Å². The molecule has 0 bridgehead atoms. The fourth-order valence-electron chi connectivity index (χ4n) is 3.54. The van der Waals surface area contributed by atoms with Crippen LogP contribution >= 0.6 is 0 Å². The molecule has 0 fully saturated rings. The number of H-pyrrole nitrogens is 1. The smallest absolute Gasteiger partial charge is 0.340 e. The number of carbonyl (C=O) groups is 1. The van der Waals surface area contributed by atoms with Crippen LogP contribution in [0, 0.1) is 5.82 Å². The van der Waals surface area contributed by atoms with Crippen LogP contribution in [0.5, 0.6) is 0 Å². The molecule has 0 amide bonds. The number of aromatic nitrogens is 1. The van der Waals surface area contributed by atoms with Crippen LogP contribution in [0.2, 0.25) is 0 Å². The zero-order valence-electron chi connectivity index (χ0n) is 19.4. The molecular formula is C28H31FN2O2. The minimum absolute atomic E-state index is 0.235. The molecule has 1 aromatic heterocycles. The summed E-state index contributed by atoms with van der Waals surface area (Å²) < 4.78 is 13.0. The lowest BCUT2D eigenvalue weighted by molar-refractivity contribution is 0.0694. The van der Waals surface area contributed by atoms with Crippen LogP contribution in [0.4, 0.5) is 4.39 Å². The highest BCUT2D eigenvalue weighted by Gasteiger charge is 2.15. The lowest BCUT2D eigenvalue weighted by Gasteiger charge is -2.19. The Morgan fingerprint density at radius 3 is 2.27 bits per heavy atom. The first kappa shape index (κ1) is 24.2. The molecule has 4 nitrogen and oxygen atoms in total. The zero-order chi connectivity index (χ0) is 23.8. The van der Waals surface area contributed by atoms with Crippen LogP contribution in [-0.4, -0.2) is 22.6 Å². The van der Waals surface area contributed by atoms with Gasteiger partial charge in [-0.1, -0.05) is 75.4 Å². The van der Waals surface area contributed by atoms with Gasteiger partial charge in [-0.15, -0.1) is 0 Å². The molecule has 0 unspecified atom stereocenters. The van der Waals surface area contributed by atoms with E-state index in [1.165, 1.54) is 22.8 Å². The third kappa shape index (κ3) is 6.77. The van der Waals surface area contributed by atoms with Crippen molar-refractivity contribution in [1.82, 2.24) is 10.3 Å². The summed E-state index contributed by atoms with van der Waals surface area (Å²) in [6, 6.07) is 24.0. The maximum atomic E-state index is 13.0. The summed E-state index contributed by atoms with van der Waals surface area (Å²) in [6.45, 7) is 8.71. The molecule has 0 aliphatic carbocycles. The first-order valence-corrected chi connectivity index (χ1v) is 11.1. The number of aromatic carboxylic acids is 1. The summed E-state index contributed by atoms with van der Waals surface area (Å²) in [5.74, 6) is -1.98. The fourth-order valence-corrected chi connectivity index (χ4v) is 3.54. The lowest BCUT2D eigenvalue weighted by Crippen LogP contribution is -2.17. The molecule has 4 aromatic rings. The van der Waals surface area contributed by atoms with Gasteiger partial charge in [-0.25, -0.2) is 9.18 Å². The van der Waals surface area contributed by atoms with Crippen LogP contribution in [-0.2, 0) is 18.4 Å². The van der Waals surface area contributed by atoms with Crippen LogP contribution in [0.3, 0.4) is 0 Å². The van der Waals surface area contributed by atoms with Crippen molar-refractivity contribution < 1.29 is 14.3 Å². The molecule has 0 radical (unpaired) electrons. The number of benzene rings is 3. The van der Waals surface area contributed by atoms with Crippen molar-refractivity contribution in [3.63, 3.8) is 0 Å². The Bertz CT molecular complexity index is 1180. The molecule has 0 aliphatic heterocycles. The summed E-state index contributed by atoms with van der Waals surface area (Å²) in [6.07, 6.45) is 2.66. The minimum atomic E-state index is -1.26. The molecule has 3 N–H and O–H groups in total. The van der Waals surface area contributed by atoms with E-state index in [0.29, 0.717) is 10.9 Å². The van der Waals surface area contributed by atoms with Crippen LogP contribution < -0.4 is 5.32 Å². The second kappa shape index (κ2) is 10.9. The quantitative estimate of drug-likeness (QED) is 0.304. The molecule has 0 aliphatic rings. The molecule has 5 heteroatoms. The first-order valence-electron chi connectivity index (χ1n) is 11.1. The first-order chi connectivity index (χ1) is 15.8. The Balaban J connectivity index is 0.000000203. The zero-order valence-corrected chi connectivity index (χ0v) is 19.4. The van der Waals surface area contributed by atoms with Gasteiger partial charge in [-0.05, 0) is 53.3 Å². The largest absolute Gasteiger partial charge is 0.478 e. The highest BCUT2D eigenvalue weighted by molar-refractivity contribution is 6.02. The van der Waals surface area contributed by atoms with E-state index in [9.17, 15) is 9.18 Å². The summed E-state index contributed by atoms with van der Waals surface area (Å²) in [7, 11) is 0. The molecule has 0 atom stereocenters. The Morgan fingerprint density at radius 2 is 1.64 bits per heavy atom. The number of fused-ring (bicyclic) bond motifs is 1. The van der Waals surface area contributed by atoms with Gasteiger partial charge in [-0.3, -0.25) is 0 Å². The van der Waals surface area contributed by atoms with Crippen molar-refractivity contribution in [2.75, 3.05) is 6.54 Å². The average molecular weight is 447 g/mol. The van der Waals surface area contributed by atoms with E-state index in [1.54, 1.807) is 12.3 Å². The van der Waals surface area contributed by atoms with Crippen molar-refractivity contribution >= 4 is 16.9 Å². The minimum Gasteiger partial charge on any atom is -0.478 e. The molecule has 4 rings (SSSR count). The summed E-state index contributed by atoms with van der Waals surface area (Å²) in [5, 5.41) is 12.9. The van der Waals surface area contributed by atoms with Gasteiger partial charge in [0.25, 0.3) is 0 Å². The average Bonchev–Trinajstić information content (AvgIpc) is 3.26. The van der Waals surface area contributed by atoms with Crippen molar-refractivity contribution in [1.29, 1.82) is 0 Å². The second-order valence-electron chi connectivity index (χ2n) is 9.03. The Kier molecular flexibility index (Phi) is 8.01. The van der Waals surface area contributed by atoms with Crippen molar-refractivity contribution in [3.05, 3.63) is 107 Å². The Morgan fingerprint density at radius 1 is 0.939 bits per heavy atom. The maximum absolute atomic E-state index is 13.0. The number of rotatable bonds is 6. The van der Waals surface area contributed by atoms with Gasteiger partial charge in [0, 0.05) is 18.1 Å². The molecule has 0 spiro atoms. The summed E-state index contributed by atoms with van der Waals surface area (Å²) in [4.78, 5) is 13.4. The van der Waals surface area contributed by atoms with Gasteiger partial charge in [0.2, 0.25) is 0 Å². The highest BCUT2D eigenvalue weighted by Crippen LogP contribution is 2.22. The molecule has 0 saturated carbocycles. The van der Waals surface area contributed by atoms with Gasteiger partial charge in [-0.2, -0.15) is 0 Å². The fraction of sp³-hybridized carbons (Fsp3) is 0.250. The molecule has 33 heavy (non-hydrogen) atoms. The standard InChI is InChI=1S/C19H25N.C9H6FNO2/c1-19(2,3)18-11-9-17(10-12-18)15-20-14-13-16-7-5-4-6-8-16;10-6-2-1-5-3-4-11-8(5)7(6)9(12)13/h4-12,20H,13-15H2,1-3H3;1-4,11H,(H,12,13). The van der Waals surface area contributed by atoms with E-state index < -0.39 is 11.8 Å². The van der Waals surface area contributed by atoms with E-state index in [2.05, 4.69) is 85.7 Å². The predicted molar refractivity (Wildman–Crippen MR) is 132 cm³/mol. The molecule has 1 heterocycles. The molecule has 172 valence electrons. The maximum Gasteiger partial charge on any atom is 0.340 e. The molecular weight excluding hydrogens is 415 g/mol.